The number of hydrogen-bond donors (Lipinski definition) is 0. The average molecular weight is 472 g/mol. The molecule has 0 radical (unpaired) electrons. The molecule has 148 valence electrons. The summed E-state index contributed by atoms with van der Waals surface area (Å²) < 4.78 is 13.8. The SMILES string of the molecule is CC(C)(C)[Si](C)(C)OC1CCC(Oc2c(Br)ccc3cnc(Cl)nc23)CC1. The first kappa shape index (κ1) is 21.0. The molecule has 0 aliphatic heterocycles. The molecule has 0 atom stereocenters. The van der Waals surface area contributed by atoms with E-state index in [9.17, 15) is 0 Å². The number of halogens is 2. The molecule has 1 aliphatic carbocycles. The average Bonchev–Trinajstić information content (AvgIpc) is 2.58. The zero-order valence-corrected chi connectivity index (χ0v) is 20.0. The first-order valence-corrected chi connectivity index (χ1v) is 13.6. The van der Waals surface area contributed by atoms with Crippen molar-refractivity contribution in [3.8, 4) is 5.75 Å². The van der Waals surface area contributed by atoms with Gasteiger partial charge in [0.2, 0.25) is 5.28 Å². The molecule has 1 saturated carbocycles. The smallest absolute Gasteiger partial charge is 0.223 e. The van der Waals surface area contributed by atoms with Crippen LogP contribution in [0.15, 0.2) is 22.8 Å². The summed E-state index contributed by atoms with van der Waals surface area (Å²) in [6, 6.07) is 3.94. The molecule has 1 heterocycles. The molecule has 2 aromatic rings. The maximum absolute atomic E-state index is 6.59. The van der Waals surface area contributed by atoms with Crippen molar-refractivity contribution in [3.63, 3.8) is 0 Å². The molecule has 0 unspecified atom stereocenters. The predicted molar refractivity (Wildman–Crippen MR) is 117 cm³/mol. The third-order valence-corrected chi connectivity index (χ3v) is 11.1. The predicted octanol–water partition coefficient (Wildman–Crippen LogP) is 6.76. The number of ether oxygens (including phenoxy) is 1. The first-order valence-electron chi connectivity index (χ1n) is 9.52. The van der Waals surface area contributed by atoms with Crippen molar-refractivity contribution < 1.29 is 9.16 Å². The van der Waals surface area contributed by atoms with E-state index in [0.29, 0.717) is 6.10 Å². The normalized spacial score (nSPS) is 21.4. The van der Waals surface area contributed by atoms with E-state index in [1.165, 1.54) is 0 Å². The van der Waals surface area contributed by atoms with Crippen LogP contribution in [0.4, 0.5) is 0 Å². The standard InChI is InChI=1S/C20H28BrClN2O2Si/c1-20(2,3)27(4,5)26-15-9-7-14(8-10-15)25-18-16(21)11-6-13-12-23-19(22)24-17(13)18/h6,11-12,14-15H,7-10H2,1-5H3. The van der Waals surface area contributed by atoms with Crippen molar-refractivity contribution in [2.45, 2.75) is 76.8 Å². The van der Waals surface area contributed by atoms with E-state index in [4.69, 9.17) is 20.8 Å². The summed E-state index contributed by atoms with van der Waals surface area (Å²) in [6.45, 7) is 11.5. The Kier molecular flexibility index (Phi) is 6.21. The van der Waals surface area contributed by atoms with Gasteiger partial charge in [0.05, 0.1) is 10.6 Å². The van der Waals surface area contributed by atoms with E-state index in [-0.39, 0.29) is 16.4 Å². The fourth-order valence-corrected chi connectivity index (χ4v) is 5.13. The third-order valence-electron chi connectivity index (χ3n) is 5.80. The molecule has 1 aromatic heterocycles. The van der Waals surface area contributed by atoms with Gasteiger partial charge in [-0.25, -0.2) is 9.97 Å². The van der Waals surface area contributed by atoms with Gasteiger partial charge in [-0.2, -0.15) is 0 Å². The lowest BCUT2D eigenvalue weighted by Crippen LogP contribution is -2.45. The zero-order valence-electron chi connectivity index (χ0n) is 16.7. The second kappa shape index (κ2) is 7.97. The highest BCUT2D eigenvalue weighted by atomic mass is 79.9. The summed E-state index contributed by atoms with van der Waals surface area (Å²) >= 11 is 9.59. The van der Waals surface area contributed by atoms with Gasteiger partial charge in [0.1, 0.15) is 5.52 Å². The molecule has 3 rings (SSSR count). The van der Waals surface area contributed by atoms with Crippen LogP contribution < -0.4 is 4.74 Å². The summed E-state index contributed by atoms with van der Waals surface area (Å²) in [7, 11) is -1.72. The lowest BCUT2D eigenvalue weighted by Gasteiger charge is -2.41. The molecule has 0 spiro atoms. The number of hydrogen-bond acceptors (Lipinski definition) is 4. The minimum absolute atomic E-state index is 0.167. The third kappa shape index (κ3) is 4.84. The molecule has 1 fully saturated rings. The highest BCUT2D eigenvalue weighted by Crippen LogP contribution is 2.40. The highest BCUT2D eigenvalue weighted by molar-refractivity contribution is 9.10. The Morgan fingerprint density at radius 1 is 1.11 bits per heavy atom. The summed E-state index contributed by atoms with van der Waals surface area (Å²) in [5.41, 5.74) is 0.754. The van der Waals surface area contributed by atoms with E-state index in [2.05, 4.69) is 59.8 Å². The van der Waals surface area contributed by atoms with Gasteiger partial charge in [0.15, 0.2) is 14.1 Å². The van der Waals surface area contributed by atoms with Crippen molar-refractivity contribution >= 4 is 46.8 Å². The monoisotopic (exact) mass is 470 g/mol. The molecule has 1 aromatic carbocycles. The minimum Gasteiger partial charge on any atom is -0.487 e. The molecule has 7 heteroatoms. The van der Waals surface area contributed by atoms with Gasteiger partial charge in [-0.3, -0.25) is 0 Å². The number of rotatable bonds is 4. The molecule has 1 aliphatic rings. The van der Waals surface area contributed by atoms with Crippen LogP contribution in [0.25, 0.3) is 10.9 Å². The van der Waals surface area contributed by atoms with E-state index in [0.717, 1.165) is 46.8 Å². The molecule has 27 heavy (non-hydrogen) atoms. The van der Waals surface area contributed by atoms with E-state index < -0.39 is 8.32 Å². The number of fused-ring (bicyclic) bond motifs is 1. The number of benzene rings is 1. The van der Waals surface area contributed by atoms with Gasteiger partial charge in [0, 0.05) is 17.7 Å². The van der Waals surface area contributed by atoms with Gasteiger partial charge >= 0.3 is 0 Å². The van der Waals surface area contributed by atoms with Crippen LogP contribution in [-0.4, -0.2) is 30.5 Å². The van der Waals surface area contributed by atoms with Crippen molar-refractivity contribution in [2.24, 2.45) is 0 Å². The van der Waals surface area contributed by atoms with Crippen molar-refractivity contribution in [1.82, 2.24) is 9.97 Å². The van der Waals surface area contributed by atoms with Gasteiger partial charge < -0.3 is 9.16 Å². The molecule has 0 saturated heterocycles. The quantitative estimate of drug-likeness (QED) is 0.365. The molecule has 4 nitrogen and oxygen atoms in total. The fraction of sp³-hybridized carbons (Fsp3) is 0.600. The van der Waals surface area contributed by atoms with Crippen LogP contribution in [0.5, 0.6) is 5.75 Å². The molecule has 0 amide bonds. The van der Waals surface area contributed by atoms with Crippen LogP contribution in [0.2, 0.25) is 23.4 Å². The molecule has 0 N–H and O–H groups in total. The molecule has 0 bridgehead atoms. The van der Waals surface area contributed by atoms with Gasteiger partial charge in [-0.15, -0.1) is 0 Å². The van der Waals surface area contributed by atoms with Crippen molar-refractivity contribution in [3.05, 3.63) is 28.1 Å². The Hall–Kier alpha value is -0.693. The zero-order chi connectivity index (χ0) is 19.8. The van der Waals surface area contributed by atoms with Gasteiger partial charge in [0.25, 0.3) is 0 Å². The first-order chi connectivity index (χ1) is 12.6. The van der Waals surface area contributed by atoms with Gasteiger partial charge in [-0.05, 0) is 83.5 Å². The maximum Gasteiger partial charge on any atom is 0.223 e. The molecular weight excluding hydrogens is 444 g/mol. The second-order valence-corrected chi connectivity index (χ2v) is 14.8. The topological polar surface area (TPSA) is 44.2 Å². The lowest BCUT2D eigenvalue weighted by atomic mass is 9.95. The second-order valence-electron chi connectivity index (χ2n) is 8.85. The number of nitrogens with zero attached hydrogens (tertiary/aromatic N) is 2. The number of aromatic nitrogens is 2. The maximum atomic E-state index is 6.59. The van der Waals surface area contributed by atoms with Crippen molar-refractivity contribution in [2.75, 3.05) is 0 Å². The van der Waals surface area contributed by atoms with E-state index in [1.54, 1.807) is 6.20 Å². The largest absolute Gasteiger partial charge is 0.487 e. The van der Waals surface area contributed by atoms with E-state index in [1.807, 2.05) is 12.1 Å². The summed E-state index contributed by atoms with van der Waals surface area (Å²) in [5, 5.41) is 1.40. The van der Waals surface area contributed by atoms with Gasteiger partial charge in [-0.1, -0.05) is 20.8 Å². The Labute approximate surface area is 176 Å². The Morgan fingerprint density at radius 3 is 2.37 bits per heavy atom. The van der Waals surface area contributed by atoms with Crippen molar-refractivity contribution in [1.29, 1.82) is 0 Å². The lowest BCUT2D eigenvalue weighted by molar-refractivity contribution is 0.0729. The Balaban J connectivity index is 1.67. The highest BCUT2D eigenvalue weighted by Gasteiger charge is 2.40. The minimum atomic E-state index is -1.72. The van der Waals surface area contributed by atoms with E-state index >= 15 is 0 Å². The summed E-state index contributed by atoms with van der Waals surface area (Å²) in [5.74, 6) is 0.755. The Morgan fingerprint density at radius 2 is 1.74 bits per heavy atom. The Bertz CT molecular complexity index is 812. The van der Waals surface area contributed by atoms with Crippen LogP contribution in [0, 0.1) is 0 Å². The fourth-order valence-electron chi connectivity index (χ4n) is 3.17. The molecular formula is C20H28BrClN2O2Si. The van der Waals surface area contributed by atoms with Crippen LogP contribution in [0.1, 0.15) is 46.5 Å². The van der Waals surface area contributed by atoms with Crippen LogP contribution in [-0.2, 0) is 4.43 Å². The summed E-state index contributed by atoms with van der Waals surface area (Å²) in [4.78, 5) is 8.43. The van der Waals surface area contributed by atoms with Crippen LogP contribution >= 0.6 is 27.5 Å². The van der Waals surface area contributed by atoms with Crippen LogP contribution in [0.3, 0.4) is 0 Å². The summed E-state index contributed by atoms with van der Waals surface area (Å²) in [6.07, 6.45) is 6.29.